The first-order chi connectivity index (χ1) is 8.43. The van der Waals surface area contributed by atoms with Crippen molar-refractivity contribution >= 4 is 11.5 Å². The van der Waals surface area contributed by atoms with Crippen molar-refractivity contribution in [1.29, 1.82) is 0 Å². The number of nitrogens with one attached hydrogen (secondary N) is 1. The summed E-state index contributed by atoms with van der Waals surface area (Å²) in [5.41, 5.74) is 2.22. The molecule has 0 aliphatic carbocycles. The average Bonchev–Trinajstić information content (AvgIpc) is 2.81. The second kappa shape index (κ2) is 4.29. The lowest BCUT2D eigenvalue weighted by atomic mass is 10.2. The summed E-state index contributed by atoms with van der Waals surface area (Å²) in [7, 11) is 0. The lowest BCUT2D eigenvalue weighted by molar-refractivity contribution is 1.08. The van der Waals surface area contributed by atoms with Gasteiger partial charge in [-0.15, -0.1) is 0 Å². The molecule has 0 fully saturated rings. The zero-order valence-electron chi connectivity index (χ0n) is 9.38. The van der Waals surface area contributed by atoms with Gasteiger partial charge in [-0.1, -0.05) is 36.4 Å². The summed E-state index contributed by atoms with van der Waals surface area (Å²) in [5, 5.41) is 3.38. The zero-order chi connectivity index (χ0) is 11.5. The van der Waals surface area contributed by atoms with Crippen LogP contribution in [0.1, 0.15) is 5.56 Å². The van der Waals surface area contributed by atoms with Gasteiger partial charge in [0.25, 0.3) is 0 Å². The molecular formula is C14H13N3. The number of anilines is 1. The Kier molecular flexibility index (Phi) is 2.50. The highest BCUT2D eigenvalue weighted by Crippen LogP contribution is 2.12. The minimum atomic E-state index is 0.809. The third-order valence-electron chi connectivity index (χ3n) is 2.73. The van der Waals surface area contributed by atoms with E-state index in [1.165, 1.54) is 5.56 Å². The molecule has 0 radical (unpaired) electrons. The van der Waals surface area contributed by atoms with E-state index in [1.54, 1.807) is 0 Å². The fourth-order valence-electron chi connectivity index (χ4n) is 1.85. The molecule has 3 rings (SSSR count). The molecule has 0 aliphatic rings. The van der Waals surface area contributed by atoms with Gasteiger partial charge in [0.1, 0.15) is 11.5 Å². The molecule has 0 saturated heterocycles. The van der Waals surface area contributed by atoms with Gasteiger partial charge in [-0.2, -0.15) is 0 Å². The molecule has 1 aromatic carbocycles. The van der Waals surface area contributed by atoms with E-state index in [1.807, 2.05) is 53.2 Å². The second-order valence-corrected chi connectivity index (χ2v) is 3.91. The molecule has 0 unspecified atom stereocenters. The van der Waals surface area contributed by atoms with Crippen LogP contribution in [0.3, 0.4) is 0 Å². The molecule has 0 bridgehead atoms. The molecule has 0 spiro atoms. The van der Waals surface area contributed by atoms with E-state index in [-0.39, 0.29) is 0 Å². The van der Waals surface area contributed by atoms with Crippen LogP contribution in [-0.4, -0.2) is 9.38 Å². The maximum absolute atomic E-state index is 4.33. The highest BCUT2D eigenvalue weighted by Gasteiger charge is 2.00. The number of hydrogen-bond donors (Lipinski definition) is 1. The summed E-state index contributed by atoms with van der Waals surface area (Å²) < 4.78 is 2.04. The SMILES string of the molecule is c1ccc(CNc2cnc3ccccn23)cc1. The quantitative estimate of drug-likeness (QED) is 0.739. The Morgan fingerprint density at radius 3 is 2.71 bits per heavy atom. The van der Waals surface area contributed by atoms with Crippen molar-refractivity contribution in [3.8, 4) is 0 Å². The first-order valence-corrected chi connectivity index (χ1v) is 5.63. The van der Waals surface area contributed by atoms with Gasteiger partial charge in [0.2, 0.25) is 0 Å². The lowest BCUT2D eigenvalue weighted by Gasteiger charge is -2.05. The van der Waals surface area contributed by atoms with Gasteiger partial charge >= 0.3 is 0 Å². The van der Waals surface area contributed by atoms with Crippen LogP contribution in [0.2, 0.25) is 0 Å². The standard InChI is InChI=1S/C14H13N3/c1-2-6-12(7-3-1)10-15-14-11-16-13-8-4-5-9-17(13)14/h1-9,11,15H,10H2. The van der Waals surface area contributed by atoms with Crippen molar-refractivity contribution in [2.75, 3.05) is 5.32 Å². The van der Waals surface area contributed by atoms with Crippen molar-refractivity contribution in [2.24, 2.45) is 0 Å². The number of hydrogen-bond acceptors (Lipinski definition) is 2. The summed E-state index contributed by atoms with van der Waals surface area (Å²) in [6.07, 6.45) is 3.87. The number of rotatable bonds is 3. The van der Waals surface area contributed by atoms with Crippen molar-refractivity contribution in [3.05, 3.63) is 66.5 Å². The van der Waals surface area contributed by atoms with E-state index >= 15 is 0 Å². The first-order valence-electron chi connectivity index (χ1n) is 5.63. The van der Waals surface area contributed by atoms with Crippen LogP contribution in [0.5, 0.6) is 0 Å². The van der Waals surface area contributed by atoms with E-state index in [0.29, 0.717) is 0 Å². The Hall–Kier alpha value is -2.29. The fraction of sp³-hybridized carbons (Fsp3) is 0.0714. The predicted molar refractivity (Wildman–Crippen MR) is 69.0 cm³/mol. The zero-order valence-corrected chi connectivity index (χ0v) is 9.38. The second-order valence-electron chi connectivity index (χ2n) is 3.91. The number of pyridine rings is 1. The number of aromatic nitrogens is 2. The molecule has 2 heterocycles. The van der Waals surface area contributed by atoms with Gasteiger partial charge in [0.15, 0.2) is 0 Å². The third kappa shape index (κ3) is 1.99. The van der Waals surface area contributed by atoms with E-state index in [0.717, 1.165) is 18.0 Å². The molecule has 3 heteroatoms. The van der Waals surface area contributed by atoms with Crippen molar-refractivity contribution in [1.82, 2.24) is 9.38 Å². The molecule has 17 heavy (non-hydrogen) atoms. The van der Waals surface area contributed by atoms with E-state index < -0.39 is 0 Å². The maximum atomic E-state index is 4.33. The van der Waals surface area contributed by atoms with Gasteiger partial charge in [-0.05, 0) is 17.7 Å². The van der Waals surface area contributed by atoms with Crippen LogP contribution in [-0.2, 0) is 6.54 Å². The summed E-state index contributed by atoms with van der Waals surface area (Å²) in [5.74, 6) is 1.02. The molecule has 0 atom stereocenters. The molecule has 0 aliphatic heterocycles. The Morgan fingerprint density at radius 1 is 1.00 bits per heavy atom. The van der Waals surface area contributed by atoms with Crippen LogP contribution >= 0.6 is 0 Å². The van der Waals surface area contributed by atoms with Crippen LogP contribution in [0.4, 0.5) is 5.82 Å². The molecular weight excluding hydrogens is 210 g/mol. The summed E-state index contributed by atoms with van der Waals surface area (Å²) in [4.78, 5) is 4.33. The lowest BCUT2D eigenvalue weighted by Crippen LogP contribution is -2.01. The van der Waals surface area contributed by atoms with Gasteiger partial charge < -0.3 is 5.32 Å². The largest absolute Gasteiger partial charge is 0.366 e. The Morgan fingerprint density at radius 2 is 1.82 bits per heavy atom. The molecule has 3 aromatic rings. The molecule has 0 amide bonds. The van der Waals surface area contributed by atoms with E-state index in [9.17, 15) is 0 Å². The maximum Gasteiger partial charge on any atom is 0.138 e. The predicted octanol–water partition coefficient (Wildman–Crippen LogP) is 2.95. The van der Waals surface area contributed by atoms with Gasteiger partial charge in [-0.25, -0.2) is 4.98 Å². The summed E-state index contributed by atoms with van der Waals surface area (Å²) in [6.45, 7) is 0.809. The number of benzene rings is 1. The Balaban J connectivity index is 1.82. The third-order valence-corrected chi connectivity index (χ3v) is 2.73. The molecule has 3 nitrogen and oxygen atoms in total. The van der Waals surface area contributed by atoms with Gasteiger partial charge in [-0.3, -0.25) is 4.40 Å². The topological polar surface area (TPSA) is 29.3 Å². The summed E-state index contributed by atoms with van der Waals surface area (Å²) in [6, 6.07) is 16.3. The smallest absolute Gasteiger partial charge is 0.138 e. The normalized spacial score (nSPS) is 10.6. The minimum Gasteiger partial charge on any atom is -0.366 e. The fourth-order valence-corrected chi connectivity index (χ4v) is 1.85. The number of fused-ring (bicyclic) bond motifs is 1. The summed E-state index contributed by atoms with van der Waals surface area (Å²) >= 11 is 0. The minimum absolute atomic E-state index is 0.809. The Labute approximate surface area is 99.7 Å². The molecule has 0 saturated carbocycles. The van der Waals surface area contributed by atoms with Gasteiger partial charge in [0.05, 0.1) is 6.20 Å². The highest BCUT2D eigenvalue weighted by atomic mass is 15.1. The van der Waals surface area contributed by atoms with E-state index in [2.05, 4.69) is 22.4 Å². The van der Waals surface area contributed by atoms with Gasteiger partial charge in [0, 0.05) is 12.7 Å². The molecule has 1 N–H and O–H groups in total. The van der Waals surface area contributed by atoms with Crippen molar-refractivity contribution < 1.29 is 0 Å². The van der Waals surface area contributed by atoms with Crippen LogP contribution in [0.25, 0.3) is 5.65 Å². The molecule has 2 aromatic heterocycles. The van der Waals surface area contributed by atoms with E-state index in [4.69, 9.17) is 0 Å². The van der Waals surface area contributed by atoms with Crippen LogP contribution < -0.4 is 5.32 Å². The Bertz CT molecular complexity index is 613. The number of imidazole rings is 1. The monoisotopic (exact) mass is 223 g/mol. The average molecular weight is 223 g/mol. The molecule has 84 valence electrons. The highest BCUT2D eigenvalue weighted by molar-refractivity contribution is 5.50. The first kappa shape index (κ1) is 9.90. The van der Waals surface area contributed by atoms with Crippen LogP contribution in [0.15, 0.2) is 60.9 Å². The van der Waals surface area contributed by atoms with Crippen molar-refractivity contribution in [2.45, 2.75) is 6.54 Å². The van der Waals surface area contributed by atoms with Crippen molar-refractivity contribution in [3.63, 3.8) is 0 Å². The van der Waals surface area contributed by atoms with Crippen LogP contribution in [0, 0.1) is 0 Å². The number of nitrogens with zero attached hydrogens (tertiary/aromatic N) is 2.